The van der Waals surface area contributed by atoms with Crippen molar-refractivity contribution in [2.24, 2.45) is 0 Å². The number of rotatable bonds is 6. The van der Waals surface area contributed by atoms with Gasteiger partial charge in [-0.25, -0.2) is 4.39 Å². The molecule has 0 aliphatic carbocycles. The van der Waals surface area contributed by atoms with Gasteiger partial charge in [0, 0.05) is 23.6 Å². The van der Waals surface area contributed by atoms with E-state index in [-0.39, 0.29) is 5.82 Å². The standard InChI is InChI=1S/C12H14ClFN2/c13-11-4-5-12(14)10(8-11)9-16-7-3-1-2-6-15/h4-5,8,16H,1-3,7,9H2. The third kappa shape index (κ3) is 4.61. The maximum absolute atomic E-state index is 13.3. The molecule has 2 nitrogen and oxygen atoms in total. The van der Waals surface area contributed by atoms with Crippen LogP contribution in [-0.4, -0.2) is 6.54 Å². The second-order valence-electron chi connectivity index (χ2n) is 3.53. The molecule has 0 heterocycles. The maximum atomic E-state index is 13.3. The van der Waals surface area contributed by atoms with E-state index < -0.39 is 0 Å². The Bertz CT molecular complexity index is 374. The fourth-order valence-corrected chi connectivity index (χ4v) is 1.55. The summed E-state index contributed by atoms with van der Waals surface area (Å²) in [5.74, 6) is -0.242. The van der Waals surface area contributed by atoms with Gasteiger partial charge in [-0.05, 0) is 37.6 Å². The zero-order chi connectivity index (χ0) is 11.8. The number of hydrogen-bond donors (Lipinski definition) is 1. The van der Waals surface area contributed by atoms with E-state index in [4.69, 9.17) is 16.9 Å². The molecule has 86 valence electrons. The van der Waals surface area contributed by atoms with Crippen LogP contribution in [0.2, 0.25) is 5.02 Å². The van der Waals surface area contributed by atoms with Crippen LogP contribution >= 0.6 is 11.6 Å². The third-order valence-corrected chi connectivity index (χ3v) is 2.45. The van der Waals surface area contributed by atoms with Crippen LogP contribution in [0.4, 0.5) is 4.39 Å². The van der Waals surface area contributed by atoms with Crippen LogP contribution in [0.15, 0.2) is 18.2 Å². The molecule has 0 aliphatic rings. The summed E-state index contributed by atoms with van der Waals surface area (Å²) in [6.07, 6.45) is 2.38. The highest BCUT2D eigenvalue weighted by Gasteiger charge is 2.01. The van der Waals surface area contributed by atoms with Crippen LogP contribution in [-0.2, 0) is 6.54 Å². The molecule has 0 fully saturated rings. The Hall–Kier alpha value is -1.11. The number of hydrogen-bond acceptors (Lipinski definition) is 2. The van der Waals surface area contributed by atoms with Crippen molar-refractivity contribution in [2.75, 3.05) is 6.54 Å². The van der Waals surface area contributed by atoms with Crippen LogP contribution in [0, 0.1) is 17.1 Å². The summed E-state index contributed by atoms with van der Waals surface area (Å²) in [5.41, 5.74) is 0.577. The van der Waals surface area contributed by atoms with Crippen LogP contribution in [0.3, 0.4) is 0 Å². The van der Waals surface area contributed by atoms with Gasteiger partial charge in [0.05, 0.1) is 6.07 Å². The predicted octanol–water partition coefficient (Wildman–Crippen LogP) is 3.26. The Kier molecular flexibility index (Phi) is 5.84. The van der Waals surface area contributed by atoms with Crippen molar-refractivity contribution in [3.63, 3.8) is 0 Å². The lowest BCUT2D eigenvalue weighted by Crippen LogP contribution is -2.15. The van der Waals surface area contributed by atoms with Gasteiger partial charge in [-0.2, -0.15) is 5.26 Å². The minimum Gasteiger partial charge on any atom is -0.313 e. The van der Waals surface area contributed by atoms with Gasteiger partial charge in [0.15, 0.2) is 0 Å². The maximum Gasteiger partial charge on any atom is 0.127 e. The van der Waals surface area contributed by atoms with Crippen molar-refractivity contribution < 1.29 is 4.39 Å². The highest BCUT2D eigenvalue weighted by atomic mass is 35.5. The van der Waals surface area contributed by atoms with E-state index in [1.165, 1.54) is 12.1 Å². The van der Waals surface area contributed by atoms with Crippen molar-refractivity contribution in [3.8, 4) is 6.07 Å². The van der Waals surface area contributed by atoms with Crippen LogP contribution in [0.1, 0.15) is 24.8 Å². The van der Waals surface area contributed by atoms with E-state index >= 15 is 0 Å². The zero-order valence-corrected chi connectivity index (χ0v) is 9.73. The van der Waals surface area contributed by atoms with Crippen molar-refractivity contribution in [3.05, 3.63) is 34.6 Å². The lowest BCUT2D eigenvalue weighted by molar-refractivity contribution is 0.577. The van der Waals surface area contributed by atoms with E-state index in [0.29, 0.717) is 23.6 Å². The van der Waals surface area contributed by atoms with Gasteiger partial charge in [-0.1, -0.05) is 11.6 Å². The lowest BCUT2D eigenvalue weighted by atomic mass is 10.2. The van der Waals surface area contributed by atoms with E-state index in [9.17, 15) is 4.39 Å². The molecule has 0 saturated carbocycles. The first-order valence-electron chi connectivity index (χ1n) is 5.25. The van der Waals surface area contributed by atoms with E-state index in [2.05, 4.69) is 11.4 Å². The molecule has 0 aromatic heterocycles. The minimum atomic E-state index is -0.242. The SMILES string of the molecule is N#CCCCCNCc1cc(Cl)ccc1F. The van der Waals surface area contributed by atoms with Crippen molar-refractivity contribution in [1.82, 2.24) is 5.32 Å². The van der Waals surface area contributed by atoms with Crippen LogP contribution in [0.25, 0.3) is 0 Å². The molecular formula is C12H14ClFN2. The molecule has 0 saturated heterocycles. The number of halogens is 2. The van der Waals surface area contributed by atoms with Crippen LogP contribution < -0.4 is 5.32 Å². The van der Waals surface area contributed by atoms with Gasteiger partial charge in [0.1, 0.15) is 5.82 Å². The zero-order valence-electron chi connectivity index (χ0n) is 8.97. The lowest BCUT2D eigenvalue weighted by Gasteiger charge is -2.05. The van der Waals surface area contributed by atoms with Gasteiger partial charge in [0.25, 0.3) is 0 Å². The van der Waals surface area contributed by atoms with Crippen molar-refractivity contribution in [1.29, 1.82) is 5.26 Å². The molecule has 16 heavy (non-hydrogen) atoms. The molecule has 1 N–H and O–H groups in total. The molecular weight excluding hydrogens is 227 g/mol. The fourth-order valence-electron chi connectivity index (χ4n) is 1.36. The number of nitrogens with zero attached hydrogens (tertiary/aromatic N) is 1. The monoisotopic (exact) mass is 240 g/mol. The molecule has 0 spiro atoms. The van der Waals surface area contributed by atoms with Crippen LogP contribution in [0.5, 0.6) is 0 Å². The largest absolute Gasteiger partial charge is 0.313 e. The summed E-state index contributed by atoms with van der Waals surface area (Å²) < 4.78 is 13.3. The Morgan fingerprint density at radius 2 is 2.19 bits per heavy atom. The van der Waals surface area contributed by atoms with Gasteiger partial charge in [0.2, 0.25) is 0 Å². The van der Waals surface area contributed by atoms with Gasteiger partial charge in [-0.15, -0.1) is 0 Å². The first-order chi connectivity index (χ1) is 7.74. The predicted molar refractivity (Wildman–Crippen MR) is 62.6 cm³/mol. The Morgan fingerprint density at radius 1 is 1.38 bits per heavy atom. The minimum absolute atomic E-state index is 0.242. The average molecular weight is 241 g/mol. The van der Waals surface area contributed by atoms with Crippen molar-refractivity contribution >= 4 is 11.6 Å². The number of unbranched alkanes of at least 4 members (excludes halogenated alkanes) is 2. The quantitative estimate of drug-likeness (QED) is 0.775. The molecule has 1 rings (SSSR count). The second kappa shape index (κ2) is 7.21. The summed E-state index contributed by atoms with van der Waals surface area (Å²) >= 11 is 5.77. The molecule has 1 aromatic carbocycles. The first kappa shape index (κ1) is 13.0. The average Bonchev–Trinajstić information content (AvgIpc) is 2.28. The fraction of sp³-hybridized carbons (Fsp3) is 0.417. The van der Waals surface area contributed by atoms with Gasteiger partial charge >= 0.3 is 0 Å². The smallest absolute Gasteiger partial charge is 0.127 e. The highest BCUT2D eigenvalue weighted by Crippen LogP contribution is 2.14. The number of nitrogens with one attached hydrogen (secondary N) is 1. The molecule has 4 heteroatoms. The van der Waals surface area contributed by atoms with E-state index in [0.717, 1.165) is 19.4 Å². The highest BCUT2D eigenvalue weighted by molar-refractivity contribution is 6.30. The Morgan fingerprint density at radius 3 is 2.94 bits per heavy atom. The Labute approximate surface area is 100 Å². The van der Waals surface area contributed by atoms with E-state index in [1.807, 2.05) is 0 Å². The summed E-state index contributed by atoms with van der Waals surface area (Å²) in [6.45, 7) is 1.26. The second-order valence-corrected chi connectivity index (χ2v) is 3.96. The summed E-state index contributed by atoms with van der Waals surface area (Å²) in [7, 11) is 0. The van der Waals surface area contributed by atoms with E-state index in [1.54, 1.807) is 6.07 Å². The molecule has 0 unspecified atom stereocenters. The van der Waals surface area contributed by atoms with Gasteiger partial charge < -0.3 is 5.32 Å². The Balaban J connectivity index is 2.27. The topological polar surface area (TPSA) is 35.8 Å². The normalized spacial score (nSPS) is 10.1. The number of benzene rings is 1. The first-order valence-corrected chi connectivity index (χ1v) is 5.63. The molecule has 0 radical (unpaired) electrons. The number of nitriles is 1. The molecule has 1 aromatic rings. The summed E-state index contributed by atoms with van der Waals surface area (Å²) in [6, 6.07) is 6.62. The molecule has 0 bridgehead atoms. The summed E-state index contributed by atoms with van der Waals surface area (Å²) in [5, 5.41) is 12.0. The van der Waals surface area contributed by atoms with Crippen molar-refractivity contribution in [2.45, 2.75) is 25.8 Å². The van der Waals surface area contributed by atoms with Gasteiger partial charge in [-0.3, -0.25) is 0 Å². The molecule has 0 aliphatic heterocycles. The molecule has 0 atom stereocenters. The summed E-state index contributed by atoms with van der Waals surface area (Å²) in [4.78, 5) is 0. The molecule has 0 amide bonds. The third-order valence-electron chi connectivity index (χ3n) is 2.22.